The van der Waals surface area contributed by atoms with Gasteiger partial charge in [-0.1, -0.05) is 23.7 Å². The monoisotopic (exact) mass is 349 g/mol. The molecule has 1 saturated heterocycles. The summed E-state index contributed by atoms with van der Waals surface area (Å²) in [5.41, 5.74) is 1.94. The lowest BCUT2D eigenvalue weighted by Crippen LogP contribution is -2.43. The first-order chi connectivity index (χ1) is 11.0. The molecule has 0 aliphatic carbocycles. The number of amides is 2. The van der Waals surface area contributed by atoms with E-state index in [-0.39, 0.29) is 11.8 Å². The smallest absolute Gasteiger partial charge is 0.257 e. The first kappa shape index (κ1) is 16.0. The number of aromatic nitrogens is 1. The second kappa shape index (κ2) is 6.29. The largest absolute Gasteiger partial charge is 0.330 e. The van der Waals surface area contributed by atoms with Crippen LogP contribution in [0, 0.1) is 6.92 Å². The topological polar surface area (TPSA) is 53.5 Å². The summed E-state index contributed by atoms with van der Waals surface area (Å²) in [7, 11) is 1.66. The Morgan fingerprint density at radius 3 is 2.83 bits per heavy atom. The maximum Gasteiger partial charge on any atom is 0.257 e. The molecule has 0 unspecified atom stereocenters. The standard InChI is InChI=1S/C16H16ClN3O2S/c1-10-11(9-23-18-10)15(21)19(2)14-7-8-20(16(14)22)13-6-4-3-5-12(13)17/h3-6,9,14H,7-8H2,1-2H3/t14-/m1/s1. The van der Waals surface area contributed by atoms with Crippen LogP contribution in [0.5, 0.6) is 0 Å². The molecule has 1 aliphatic heterocycles. The Morgan fingerprint density at radius 1 is 1.43 bits per heavy atom. The molecule has 0 radical (unpaired) electrons. The van der Waals surface area contributed by atoms with E-state index in [0.29, 0.717) is 34.9 Å². The Morgan fingerprint density at radius 2 is 2.17 bits per heavy atom. The number of anilines is 1. The zero-order valence-corrected chi connectivity index (χ0v) is 14.4. The van der Waals surface area contributed by atoms with Gasteiger partial charge in [-0.25, -0.2) is 0 Å². The Kier molecular flexibility index (Phi) is 4.37. The van der Waals surface area contributed by atoms with Gasteiger partial charge < -0.3 is 9.80 Å². The van der Waals surface area contributed by atoms with E-state index < -0.39 is 6.04 Å². The number of carbonyl (C=O) groups is 2. The van der Waals surface area contributed by atoms with Crippen LogP contribution in [0.25, 0.3) is 0 Å². The van der Waals surface area contributed by atoms with Crippen molar-refractivity contribution in [2.75, 3.05) is 18.5 Å². The highest BCUT2D eigenvalue weighted by Gasteiger charge is 2.38. The van der Waals surface area contributed by atoms with Gasteiger partial charge in [0.05, 0.1) is 22.0 Å². The fourth-order valence-electron chi connectivity index (χ4n) is 2.76. The number of hydrogen-bond donors (Lipinski definition) is 0. The molecule has 0 bridgehead atoms. The van der Waals surface area contributed by atoms with Gasteiger partial charge in [-0.3, -0.25) is 9.59 Å². The van der Waals surface area contributed by atoms with Crippen molar-refractivity contribution in [2.24, 2.45) is 0 Å². The fourth-order valence-corrected chi connectivity index (χ4v) is 3.69. The fraction of sp³-hybridized carbons (Fsp3) is 0.312. The van der Waals surface area contributed by atoms with Crippen LogP contribution in [-0.4, -0.2) is 40.7 Å². The Balaban J connectivity index is 1.80. The molecular formula is C16H16ClN3O2S. The lowest BCUT2D eigenvalue weighted by molar-refractivity contribution is -0.120. The van der Waals surface area contributed by atoms with E-state index in [1.165, 1.54) is 16.4 Å². The summed E-state index contributed by atoms with van der Waals surface area (Å²) >= 11 is 7.42. The Bertz CT molecular complexity index is 761. The average molecular weight is 350 g/mol. The van der Waals surface area contributed by atoms with Crippen LogP contribution in [0.15, 0.2) is 29.6 Å². The second-order valence-electron chi connectivity index (χ2n) is 5.48. The summed E-state index contributed by atoms with van der Waals surface area (Å²) in [5.74, 6) is -0.273. The van der Waals surface area contributed by atoms with E-state index in [0.717, 1.165) is 0 Å². The summed E-state index contributed by atoms with van der Waals surface area (Å²) in [6.07, 6.45) is 0.586. The maximum absolute atomic E-state index is 12.7. The number of carbonyl (C=O) groups excluding carboxylic acids is 2. The summed E-state index contributed by atoms with van der Waals surface area (Å²) in [6.45, 7) is 2.34. The number of nitrogens with zero attached hydrogens (tertiary/aromatic N) is 3. The van der Waals surface area contributed by atoms with Crippen LogP contribution in [-0.2, 0) is 4.79 Å². The van der Waals surface area contributed by atoms with Gasteiger partial charge in [-0.2, -0.15) is 4.37 Å². The van der Waals surface area contributed by atoms with Crippen LogP contribution in [0.4, 0.5) is 5.69 Å². The van der Waals surface area contributed by atoms with E-state index in [9.17, 15) is 9.59 Å². The molecule has 1 atom stereocenters. The molecule has 23 heavy (non-hydrogen) atoms. The third-order valence-electron chi connectivity index (χ3n) is 4.09. The highest BCUT2D eigenvalue weighted by molar-refractivity contribution is 7.03. The van der Waals surface area contributed by atoms with Crippen LogP contribution >= 0.6 is 23.1 Å². The minimum atomic E-state index is -0.474. The van der Waals surface area contributed by atoms with Crippen molar-refractivity contribution in [3.05, 3.63) is 45.9 Å². The zero-order valence-electron chi connectivity index (χ0n) is 12.8. The number of para-hydroxylation sites is 1. The van der Waals surface area contributed by atoms with Crippen molar-refractivity contribution in [1.82, 2.24) is 9.27 Å². The van der Waals surface area contributed by atoms with Gasteiger partial charge >= 0.3 is 0 Å². The number of hydrogen-bond acceptors (Lipinski definition) is 4. The second-order valence-corrected chi connectivity index (χ2v) is 6.51. The number of halogens is 1. The van der Waals surface area contributed by atoms with Crippen LogP contribution < -0.4 is 4.90 Å². The number of benzene rings is 1. The number of rotatable bonds is 3. The molecule has 1 fully saturated rings. The minimum absolute atomic E-state index is 0.102. The average Bonchev–Trinajstić information content (AvgIpc) is 3.12. The zero-order chi connectivity index (χ0) is 16.6. The van der Waals surface area contributed by atoms with Gasteiger partial charge in [0.2, 0.25) is 5.91 Å². The third kappa shape index (κ3) is 2.84. The number of aryl methyl sites for hydroxylation is 1. The van der Waals surface area contributed by atoms with Crippen molar-refractivity contribution < 1.29 is 9.59 Å². The molecular weight excluding hydrogens is 334 g/mol. The first-order valence-corrected chi connectivity index (χ1v) is 8.46. The van der Waals surface area contributed by atoms with E-state index in [4.69, 9.17) is 11.6 Å². The third-order valence-corrected chi connectivity index (χ3v) is 5.13. The summed E-state index contributed by atoms with van der Waals surface area (Å²) in [4.78, 5) is 28.4. The molecule has 120 valence electrons. The molecule has 1 aliphatic rings. The van der Waals surface area contributed by atoms with E-state index in [1.807, 2.05) is 18.2 Å². The van der Waals surface area contributed by atoms with Crippen molar-refractivity contribution in [1.29, 1.82) is 0 Å². The molecule has 7 heteroatoms. The Labute approximate surface area is 143 Å². The van der Waals surface area contributed by atoms with Crippen molar-refractivity contribution in [3.63, 3.8) is 0 Å². The van der Waals surface area contributed by atoms with Crippen molar-refractivity contribution in [3.8, 4) is 0 Å². The highest BCUT2D eigenvalue weighted by atomic mass is 35.5. The summed E-state index contributed by atoms with van der Waals surface area (Å²) in [6, 6.07) is 6.77. The molecule has 2 heterocycles. The summed E-state index contributed by atoms with van der Waals surface area (Å²) < 4.78 is 4.12. The molecule has 3 rings (SSSR count). The lowest BCUT2D eigenvalue weighted by Gasteiger charge is -2.24. The van der Waals surface area contributed by atoms with Gasteiger partial charge in [0.25, 0.3) is 5.91 Å². The molecule has 1 aromatic heterocycles. The van der Waals surface area contributed by atoms with E-state index >= 15 is 0 Å². The molecule has 0 spiro atoms. The van der Waals surface area contributed by atoms with Crippen LogP contribution in [0.2, 0.25) is 5.02 Å². The van der Waals surface area contributed by atoms with Gasteiger partial charge in [-0.15, -0.1) is 0 Å². The van der Waals surface area contributed by atoms with Crippen LogP contribution in [0.3, 0.4) is 0 Å². The van der Waals surface area contributed by atoms with Crippen LogP contribution in [0.1, 0.15) is 22.5 Å². The highest BCUT2D eigenvalue weighted by Crippen LogP contribution is 2.30. The van der Waals surface area contributed by atoms with E-state index in [2.05, 4.69) is 4.37 Å². The SMILES string of the molecule is Cc1nscc1C(=O)N(C)[C@@H]1CCN(c2ccccc2Cl)C1=O. The minimum Gasteiger partial charge on any atom is -0.330 e. The molecule has 1 aromatic carbocycles. The van der Waals surface area contributed by atoms with Gasteiger partial charge in [0.1, 0.15) is 6.04 Å². The molecule has 0 saturated carbocycles. The Hall–Kier alpha value is -1.92. The maximum atomic E-state index is 12.7. The quantitative estimate of drug-likeness (QED) is 0.856. The van der Waals surface area contributed by atoms with Gasteiger partial charge in [-0.05, 0) is 37.0 Å². The first-order valence-electron chi connectivity index (χ1n) is 7.24. The summed E-state index contributed by atoms with van der Waals surface area (Å²) in [5, 5.41) is 2.26. The normalized spacial score (nSPS) is 17.6. The molecule has 0 N–H and O–H groups in total. The molecule has 2 aromatic rings. The van der Waals surface area contributed by atoms with Crippen molar-refractivity contribution in [2.45, 2.75) is 19.4 Å². The predicted molar refractivity (Wildman–Crippen MR) is 91.2 cm³/mol. The van der Waals surface area contributed by atoms with E-state index in [1.54, 1.807) is 30.3 Å². The van der Waals surface area contributed by atoms with Gasteiger partial charge in [0.15, 0.2) is 0 Å². The molecule has 5 nitrogen and oxygen atoms in total. The van der Waals surface area contributed by atoms with Gasteiger partial charge in [0, 0.05) is 19.0 Å². The predicted octanol–water partition coefficient (Wildman–Crippen LogP) is 2.98. The lowest BCUT2D eigenvalue weighted by atomic mass is 10.1. The number of likely N-dealkylation sites (N-methyl/N-ethyl adjacent to an activating group) is 1. The molecule has 2 amide bonds. The van der Waals surface area contributed by atoms with Crippen molar-refractivity contribution >= 4 is 40.6 Å².